The van der Waals surface area contributed by atoms with E-state index < -0.39 is 8.32 Å². The first-order valence-corrected chi connectivity index (χ1v) is 9.49. The fraction of sp³-hybridized carbons (Fsp3) is 0.714. The molecule has 18 heavy (non-hydrogen) atoms. The SMILES string of the molecule is CC(C)(C)[Si](C)(C)OCCc1ccc(CCO)o1. The minimum Gasteiger partial charge on any atom is -0.466 e. The third-order valence-electron chi connectivity index (χ3n) is 3.69. The maximum absolute atomic E-state index is 8.82. The summed E-state index contributed by atoms with van der Waals surface area (Å²) in [6, 6.07) is 3.90. The summed E-state index contributed by atoms with van der Waals surface area (Å²) < 4.78 is 11.7. The maximum atomic E-state index is 8.82. The highest BCUT2D eigenvalue weighted by Crippen LogP contribution is 2.36. The predicted octanol–water partition coefficient (Wildman–Crippen LogP) is 3.38. The fourth-order valence-electron chi connectivity index (χ4n) is 1.42. The van der Waals surface area contributed by atoms with Gasteiger partial charge in [-0.05, 0) is 30.3 Å². The molecule has 1 aromatic rings. The van der Waals surface area contributed by atoms with Gasteiger partial charge in [0.05, 0.1) is 6.61 Å². The molecule has 0 unspecified atom stereocenters. The predicted molar refractivity (Wildman–Crippen MR) is 76.4 cm³/mol. The van der Waals surface area contributed by atoms with Crippen LogP contribution in [-0.2, 0) is 17.3 Å². The molecule has 0 amide bonds. The molecular formula is C14H26O3Si. The summed E-state index contributed by atoms with van der Waals surface area (Å²) in [7, 11) is -1.65. The smallest absolute Gasteiger partial charge is 0.191 e. The van der Waals surface area contributed by atoms with Crippen molar-refractivity contribution in [2.75, 3.05) is 13.2 Å². The van der Waals surface area contributed by atoms with E-state index in [1.165, 1.54) is 0 Å². The molecule has 0 aromatic carbocycles. The lowest BCUT2D eigenvalue weighted by Crippen LogP contribution is -2.41. The molecule has 1 heterocycles. The Hall–Kier alpha value is -0.583. The van der Waals surface area contributed by atoms with Gasteiger partial charge in [0.15, 0.2) is 8.32 Å². The normalized spacial score (nSPS) is 13.0. The summed E-state index contributed by atoms with van der Waals surface area (Å²) in [5.41, 5.74) is 0. The van der Waals surface area contributed by atoms with E-state index >= 15 is 0 Å². The molecule has 0 bridgehead atoms. The Morgan fingerprint density at radius 1 is 1.17 bits per heavy atom. The van der Waals surface area contributed by atoms with E-state index in [4.69, 9.17) is 13.9 Å². The second-order valence-corrected chi connectivity index (χ2v) is 11.0. The van der Waals surface area contributed by atoms with Crippen molar-refractivity contribution in [3.05, 3.63) is 23.7 Å². The van der Waals surface area contributed by atoms with Crippen molar-refractivity contribution >= 4 is 8.32 Å². The molecule has 3 nitrogen and oxygen atoms in total. The zero-order valence-electron chi connectivity index (χ0n) is 12.2. The van der Waals surface area contributed by atoms with E-state index in [9.17, 15) is 0 Å². The van der Waals surface area contributed by atoms with Crippen LogP contribution in [0.5, 0.6) is 0 Å². The molecule has 0 aliphatic carbocycles. The van der Waals surface area contributed by atoms with Crippen molar-refractivity contribution in [3.8, 4) is 0 Å². The number of aliphatic hydroxyl groups is 1. The summed E-state index contributed by atoms with van der Waals surface area (Å²) in [6.07, 6.45) is 1.39. The standard InChI is InChI=1S/C14H26O3Si/c1-14(2,3)18(4,5)16-11-9-13-7-6-12(17-13)8-10-15/h6-7,15H,8-11H2,1-5H3. The van der Waals surface area contributed by atoms with Gasteiger partial charge in [-0.25, -0.2) is 0 Å². The molecule has 0 spiro atoms. The molecule has 0 aliphatic heterocycles. The maximum Gasteiger partial charge on any atom is 0.191 e. The van der Waals surface area contributed by atoms with Crippen LogP contribution in [-0.4, -0.2) is 26.6 Å². The van der Waals surface area contributed by atoms with Crippen LogP contribution < -0.4 is 0 Å². The minimum atomic E-state index is -1.65. The van der Waals surface area contributed by atoms with E-state index in [0.717, 1.165) is 17.9 Å². The third kappa shape index (κ3) is 4.26. The molecule has 1 rings (SSSR count). The quantitative estimate of drug-likeness (QED) is 0.806. The number of hydrogen-bond acceptors (Lipinski definition) is 3. The Morgan fingerprint density at radius 3 is 2.22 bits per heavy atom. The Kier molecular flexibility index (Phi) is 5.19. The van der Waals surface area contributed by atoms with Gasteiger partial charge in [0, 0.05) is 19.4 Å². The van der Waals surface area contributed by atoms with Crippen molar-refractivity contribution in [1.82, 2.24) is 0 Å². The van der Waals surface area contributed by atoms with Crippen LogP contribution in [0, 0.1) is 0 Å². The molecule has 0 aliphatic rings. The molecule has 0 saturated heterocycles. The van der Waals surface area contributed by atoms with E-state index in [1.807, 2.05) is 12.1 Å². The number of aliphatic hydroxyl groups excluding tert-OH is 1. The highest BCUT2D eigenvalue weighted by molar-refractivity contribution is 6.74. The molecule has 0 atom stereocenters. The van der Waals surface area contributed by atoms with Crippen LogP contribution in [0.4, 0.5) is 0 Å². The van der Waals surface area contributed by atoms with Crippen LogP contribution in [0.15, 0.2) is 16.5 Å². The molecule has 0 radical (unpaired) electrons. The van der Waals surface area contributed by atoms with E-state index in [1.54, 1.807) is 0 Å². The van der Waals surface area contributed by atoms with E-state index in [-0.39, 0.29) is 11.6 Å². The lowest BCUT2D eigenvalue weighted by Gasteiger charge is -2.36. The summed E-state index contributed by atoms with van der Waals surface area (Å²) in [4.78, 5) is 0. The third-order valence-corrected chi connectivity index (χ3v) is 8.23. The van der Waals surface area contributed by atoms with Gasteiger partial charge >= 0.3 is 0 Å². The molecule has 0 saturated carbocycles. The molecular weight excluding hydrogens is 244 g/mol. The second kappa shape index (κ2) is 6.04. The molecule has 0 fully saturated rings. The van der Waals surface area contributed by atoms with Crippen LogP contribution in [0.1, 0.15) is 32.3 Å². The summed E-state index contributed by atoms with van der Waals surface area (Å²) >= 11 is 0. The molecule has 4 heteroatoms. The Bertz CT molecular complexity index is 363. The zero-order chi connectivity index (χ0) is 13.8. The van der Waals surface area contributed by atoms with Gasteiger partial charge in [-0.2, -0.15) is 0 Å². The van der Waals surface area contributed by atoms with Crippen molar-refractivity contribution in [2.24, 2.45) is 0 Å². The van der Waals surface area contributed by atoms with Crippen LogP contribution in [0.3, 0.4) is 0 Å². The first kappa shape index (κ1) is 15.5. The van der Waals surface area contributed by atoms with Gasteiger partial charge in [0.25, 0.3) is 0 Å². The lowest BCUT2D eigenvalue weighted by molar-refractivity contribution is 0.272. The summed E-state index contributed by atoms with van der Waals surface area (Å²) in [6.45, 7) is 12.1. The van der Waals surface area contributed by atoms with Gasteiger partial charge in [0.2, 0.25) is 0 Å². The highest BCUT2D eigenvalue weighted by Gasteiger charge is 2.36. The van der Waals surface area contributed by atoms with Gasteiger partial charge in [-0.15, -0.1) is 0 Å². The first-order chi connectivity index (χ1) is 8.26. The van der Waals surface area contributed by atoms with E-state index in [2.05, 4.69) is 33.9 Å². The Morgan fingerprint density at radius 2 is 1.72 bits per heavy atom. The van der Waals surface area contributed by atoms with Gasteiger partial charge in [-0.3, -0.25) is 0 Å². The molecule has 1 aromatic heterocycles. The fourth-order valence-corrected chi connectivity index (χ4v) is 2.47. The second-order valence-electron chi connectivity index (χ2n) is 6.20. The van der Waals surface area contributed by atoms with Crippen molar-refractivity contribution in [2.45, 2.75) is 51.7 Å². The molecule has 104 valence electrons. The summed E-state index contributed by atoms with van der Waals surface area (Å²) in [5, 5.41) is 9.07. The van der Waals surface area contributed by atoms with Crippen LogP contribution in [0.2, 0.25) is 18.1 Å². The van der Waals surface area contributed by atoms with Crippen molar-refractivity contribution in [1.29, 1.82) is 0 Å². The largest absolute Gasteiger partial charge is 0.466 e. The van der Waals surface area contributed by atoms with E-state index in [0.29, 0.717) is 13.0 Å². The van der Waals surface area contributed by atoms with Gasteiger partial charge < -0.3 is 13.9 Å². The topological polar surface area (TPSA) is 42.6 Å². The molecule has 1 N–H and O–H groups in total. The highest BCUT2D eigenvalue weighted by atomic mass is 28.4. The minimum absolute atomic E-state index is 0.132. The monoisotopic (exact) mass is 270 g/mol. The first-order valence-electron chi connectivity index (χ1n) is 6.59. The van der Waals surface area contributed by atoms with Crippen molar-refractivity contribution < 1.29 is 13.9 Å². The number of hydrogen-bond donors (Lipinski definition) is 1. The zero-order valence-corrected chi connectivity index (χ0v) is 13.2. The van der Waals surface area contributed by atoms with Crippen LogP contribution in [0.25, 0.3) is 0 Å². The Balaban J connectivity index is 2.41. The van der Waals surface area contributed by atoms with Gasteiger partial charge in [0.1, 0.15) is 11.5 Å². The average Bonchev–Trinajstić information content (AvgIpc) is 2.64. The van der Waals surface area contributed by atoms with Crippen LogP contribution >= 0.6 is 0 Å². The number of furan rings is 1. The number of rotatable bonds is 6. The summed E-state index contributed by atoms with van der Waals surface area (Å²) in [5.74, 6) is 1.79. The van der Waals surface area contributed by atoms with Gasteiger partial charge in [-0.1, -0.05) is 20.8 Å². The van der Waals surface area contributed by atoms with Crippen molar-refractivity contribution in [3.63, 3.8) is 0 Å². The average molecular weight is 270 g/mol. The Labute approximate surface area is 111 Å². The lowest BCUT2D eigenvalue weighted by atomic mass is 10.2.